The zero-order valence-corrected chi connectivity index (χ0v) is 12.8. The number of furan rings is 1. The number of hydrogen-bond acceptors (Lipinski definition) is 4. The highest BCUT2D eigenvalue weighted by atomic mass is 16.5. The normalized spacial score (nSPS) is 13.6. The molecule has 1 amide bonds. The highest BCUT2D eigenvalue weighted by molar-refractivity contribution is 5.91. The van der Waals surface area contributed by atoms with Gasteiger partial charge in [-0.15, -0.1) is 0 Å². The first-order valence-electron chi connectivity index (χ1n) is 7.21. The van der Waals surface area contributed by atoms with Crippen molar-refractivity contribution in [2.75, 3.05) is 7.11 Å². The fourth-order valence-corrected chi connectivity index (χ4v) is 2.22. The van der Waals surface area contributed by atoms with E-state index in [1.54, 1.807) is 19.2 Å². The van der Waals surface area contributed by atoms with Crippen LogP contribution in [0.25, 0.3) is 0 Å². The van der Waals surface area contributed by atoms with E-state index in [0.29, 0.717) is 18.8 Å². The van der Waals surface area contributed by atoms with Crippen molar-refractivity contribution in [3.63, 3.8) is 0 Å². The predicted molar refractivity (Wildman–Crippen MR) is 82.4 cm³/mol. The van der Waals surface area contributed by atoms with Crippen LogP contribution in [0.5, 0.6) is 0 Å². The van der Waals surface area contributed by atoms with Crippen molar-refractivity contribution in [3.8, 4) is 0 Å². The van der Waals surface area contributed by atoms with Gasteiger partial charge in [0, 0.05) is 13.2 Å². The first kappa shape index (κ1) is 16.3. The number of rotatable bonds is 7. The molecule has 0 saturated heterocycles. The second-order valence-electron chi connectivity index (χ2n) is 5.24. The smallest absolute Gasteiger partial charge is 0.287 e. The third-order valence-corrected chi connectivity index (χ3v) is 3.31. The molecular weight excluding hydrogens is 282 g/mol. The number of nitrogens with one attached hydrogen (secondary N) is 1. The Morgan fingerprint density at radius 3 is 2.68 bits per heavy atom. The number of amides is 1. The number of benzene rings is 1. The molecule has 0 spiro atoms. The lowest BCUT2D eigenvalue weighted by molar-refractivity contribution is 0.0881. The first-order chi connectivity index (χ1) is 10.6. The molecule has 0 aliphatic carbocycles. The molecule has 0 radical (unpaired) electrons. The Bertz CT molecular complexity index is 594. The number of aliphatic hydroxyl groups is 1. The van der Waals surface area contributed by atoms with Gasteiger partial charge < -0.3 is 19.6 Å². The van der Waals surface area contributed by atoms with Crippen LogP contribution in [0.15, 0.2) is 46.9 Å². The monoisotopic (exact) mass is 303 g/mol. The lowest BCUT2D eigenvalue weighted by Gasteiger charge is -2.17. The molecule has 0 unspecified atom stereocenters. The van der Waals surface area contributed by atoms with Gasteiger partial charge in [-0.05, 0) is 31.0 Å². The second-order valence-corrected chi connectivity index (χ2v) is 5.24. The average molecular weight is 303 g/mol. The molecule has 1 aromatic heterocycles. The van der Waals surface area contributed by atoms with Crippen molar-refractivity contribution in [1.29, 1.82) is 0 Å². The van der Waals surface area contributed by atoms with Crippen molar-refractivity contribution in [3.05, 3.63) is 59.5 Å². The molecule has 0 aliphatic heterocycles. The van der Waals surface area contributed by atoms with Crippen LogP contribution in [0.1, 0.15) is 41.3 Å². The van der Waals surface area contributed by atoms with Crippen molar-refractivity contribution in [2.45, 2.75) is 32.1 Å². The summed E-state index contributed by atoms with van der Waals surface area (Å²) < 4.78 is 10.3. The first-order valence-corrected chi connectivity index (χ1v) is 7.21. The van der Waals surface area contributed by atoms with Crippen molar-refractivity contribution < 1.29 is 19.1 Å². The summed E-state index contributed by atoms with van der Waals surface area (Å²) in [5, 5.41) is 13.0. The number of hydrogen-bond donors (Lipinski definition) is 2. The fourth-order valence-electron chi connectivity index (χ4n) is 2.22. The topological polar surface area (TPSA) is 71.7 Å². The molecule has 22 heavy (non-hydrogen) atoms. The fraction of sp³-hybridized carbons (Fsp3) is 0.353. The van der Waals surface area contributed by atoms with E-state index < -0.39 is 6.10 Å². The second kappa shape index (κ2) is 7.77. The maximum absolute atomic E-state index is 12.1. The summed E-state index contributed by atoms with van der Waals surface area (Å²) in [7, 11) is 1.56. The minimum atomic E-state index is -0.614. The molecule has 2 N–H and O–H groups in total. The largest absolute Gasteiger partial charge is 0.453 e. The molecule has 2 aromatic rings. The summed E-state index contributed by atoms with van der Waals surface area (Å²) >= 11 is 0. The average Bonchev–Trinajstić information content (AvgIpc) is 2.97. The summed E-state index contributed by atoms with van der Waals surface area (Å²) in [5.41, 5.74) is 0.837. The van der Waals surface area contributed by atoms with Gasteiger partial charge in [0.15, 0.2) is 5.76 Å². The van der Waals surface area contributed by atoms with E-state index in [-0.39, 0.29) is 17.7 Å². The lowest BCUT2D eigenvalue weighted by Crippen LogP contribution is -2.33. The third-order valence-electron chi connectivity index (χ3n) is 3.31. The Labute approximate surface area is 129 Å². The van der Waals surface area contributed by atoms with E-state index in [9.17, 15) is 9.90 Å². The van der Waals surface area contributed by atoms with E-state index in [1.165, 1.54) is 0 Å². The van der Waals surface area contributed by atoms with Crippen molar-refractivity contribution in [2.24, 2.45) is 0 Å². The molecule has 1 aromatic carbocycles. The van der Waals surface area contributed by atoms with Crippen LogP contribution < -0.4 is 5.32 Å². The van der Waals surface area contributed by atoms with Crippen LogP contribution in [0.4, 0.5) is 0 Å². The van der Waals surface area contributed by atoms with Crippen LogP contribution in [0, 0.1) is 0 Å². The van der Waals surface area contributed by atoms with Crippen LogP contribution >= 0.6 is 0 Å². The lowest BCUT2D eigenvalue weighted by atomic mass is 10.0. The number of carbonyl (C=O) groups excluding carboxylic acids is 1. The summed E-state index contributed by atoms with van der Waals surface area (Å²) in [4.78, 5) is 12.1. The summed E-state index contributed by atoms with van der Waals surface area (Å²) in [6.07, 6.45) is -0.182. The SMILES string of the molecule is COCc1ccc(C(=O)N[C@@H](C)C[C@@H](O)c2ccccc2)o1. The van der Waals surface area contributed by atoms with Gasteiger partial charge in [-0.3, -0.25) is 4.79 Å². The van der Waals surface area contributed by atoms with Gasteiger partial charge in [0.25, 0.3) is 5.91 Å². The maximum atomic E-state index is 12.1. The molecule has 5 heteroatoms. The molecule has 2 rings (SSSR count). The summed E-state index contributed by atoms with van der Waals surface area (Å²) in [6, 6.07) is 12.5. The summed E-state index contributed by atoms with van der Waals surface area (Å²) in [6.45, 7) is 2.18. The Hall–Kier alpha value is -2.11. The highest BCUT2D eigenvalue weighted by Gasteiger charge is 2.17. The molecule has 0 fully saturated rings. The zero-order valence-electron chi connectivity index (χ0n) is 12.8. The number of carbonyl (C=O) groups is 1. The van der Waals surface area contributed by atoms with E-state index in [2.05, 4.69) is 5.32 Å². The van der Waals surface area contributed by atoms with Crippen LogP contribution in [-0.2, 0) is 11.3 Å². The van der Waals surface area contributed by atoms with E-state index in [4.69, 9.17) is 9.15 Å². The van der Waals surface area contributed by atoms with E-state index >= 15 is 0 Å². The van der Waals surface area contributed by atoms with Gasteiger partial charge in [0.1, 0.15) is 12.4 Å². The zero-order chi connectivity index (χ0) is 15.9. The van der Waals surface area contributed by atoms with E-state index in [0.717, 1.165) is 5.56 Å². The van der Waals surface area contributed by atoms with Gasteiger partial charge in [0.05, 0.1) is 6.10 Å². The van der Waals surface area contributed by atoms with Gasteiger partial charge >= 0.3 is 0 Å². The van der Waals surface area contributed by atoms with Gasteiger partial charge in [-0.2, -0.15) is 0 Å². The quantitative estimate of drug-likeness (QED) is 0.825. The Morgan fingerprint density at radius 2 is 2.00 bits per heavy atom. The standard InChI is InChI=1S/C17H21NO4/c1-12(10-15(19)13-6-4-3-5-7-13)18-17(20)16-9-8-14(22-16)11-21-2/h3-9,12,15,19H,10-11H2,1-2H3,(H,18,20)/t12-,15+/m0/s1. The van der Waals surface area contributed by atoms with Crippen molar-refractivity contribution in [1.82, 2.24) is 5.32 Å². The van der Waals surface area contributed by atoms with Gasteiger partial charge in [-0.25, -0.2) is 0 Å². The molecule has 2 atom stereocenters. The minimum Gasteiger partial charge on any atom is -0.453 e. The molecular formula is C17H21NO4. The molecule has 1 heterocycles. The van der Waals surface area contributed by atoms with Gasteiger partial charge in [-0.1, -0.05) is 30.3 Å². The molecule has 0 bridgehead atoms. The highest BCUT2D eigenvalue weighted by Crippen LogP contribution is 2.18. The number of ether oxygens (including phenoxy) is 1. The van der Waals surface area contributed by atoms with Crippen LogP contribution in [0.2, 0.25) is 0 Å². The molecule has 5 nitrogen and oxygen atoms in total. The summed E-state index contributed by atoms with van der Waals surface area (Å²) in [5.74, 6) is 0.549. The predicted octanol–water partition coefficient (Wildman–Crippen LogP) is 2.67. The van der Waals surface area contributed by atoms with Crippen molar-refractivity contribution >= 4 is 5.91 Å². The van der Waals surface area contributed by atoms with Crippen LogP contribution in [-0.4, -0.2) is 24.2 Å². The van der Waals surface area contributed by atoms with Gasteiger partial charge in [0.2, 0.25) is 0 Å². The number of aliphatic hydroxyl groups excluding tert-OH is 1. The number of methoxy groups -OCH3 is 1. The molecule has 118 valence electrons. The Balaban J connectivity index is 1.88. The minimum absolute atomic E-state index is 0.182. The Kier molecular flexibility index (Phi) is 5.75. The third kappa shape index (κ3) is 4.44. The Morgan fingerprint density at radius 1 is 1.27 bits per heavy atom. The maximum Gasteiger partial charge on any atom is 0.287 e. The molecule has 0 saturated carbocycles. The van der Waals surface area contributed by atoms with E-state index in [1.807, 2.05) is 37.3 Å². The molecule has 0 aliphatic rings. The van der Waals surface area contributed by atoms with Crippen LogP contribution in [0.3, 0.4) is 0 Å².